The van der Waals surface area contributed by atoms with Crippen LogP contribution in [0.1, 0.15) is 12.6 Å². The minimum absolute atomic E-state index is 0.00616. The molecule has 0 unspecified atom stereocenters. The van der Waals surface area contributed by atoms with Gasteiger partial charge >= 0.3 is 0 Å². The van der Waals surface area contributed by atoms with E-state index in [1.807, 2.05) is 11.8 Å². The smallest absolute Gasteiger partial charge is 0.233 e. The highest BCUT2D eigenvalue weighted by Gasteiger charge is 2.09. The van der Waals surface area contributed by atoms with Gasteiger partial charge in [0.05, 0.1) is 24.6 Å². The molecule has 1 rings (SSSR count). The molecule has 0 fully saturated rings. The van der Waals surface area contributed by atoms with Crippen molar-refractivity contribution in [3.63, 3.8) is 0 Å². The summed E-state index contributed by atoms with van der Waals surface area (Å²) in [5.74, 6) is 0.745. The Kier molecular flexibility index (Phi) is 5.35. The SMILES string of the molecule is CCN(CC(=O)NC)Cc1cnc(NC)cn1. The topological polar surface area (TPSA) is 70.2 Å². The number of anilines is 1. The summed E-state index contributed by atoms with van der Waals surface area (Å²) >= 11 is 0. The van der Waals surface area contributed by atoms with E-state index in [0.29, 0.717) is 13.1 Å². The molecule has 0 atom stereocenters. The largest absolute Gasteiger partial charge is 0.372 e. The van der Waals surface area contributed by atoms with Gasteiger partial charge in [0, 0.05) is 20.6 Å². The lowest BCUT2D eigenvalue weighted by Gasteiger charge is -2.18. The molecule has 1 amide bonds. The molecule has 0 radical (unpaired) electrons. The van der Waals surface area contributed by atoms with Gasteiger partial charge in [-0.1, -0.05) is 6.92 Å². The van der Waals surface area contributed by atoms with Crippen LogP contribution in [0.15, 0.2) is 12.4 Å². The molecule has 0 aliphatic carbocycles. The Hall–Kier alpha value is -1.69. The van der Waals surface area contributed by atoms with Crippen molar-refractivity contribution in [2.45, 2.75) is 13.5 Å². The van der Waals surface area contributed by atoms with E-state index in [0.717, 1.165) is 18.1 Å². The van der Waals surface area contributed by atoms with Gasteiger partial charge in [-0.2, -0.15) is 0 Å². The van der Waals surface area contributed by atoms with Crippen molar-refractivity contribution in [2.24, 2.45) is 0 Å². The average molecular weight is 237 g/mol. The lowest BCUT2D eigenvalue weighted by molar-refractivity contribution is -0.121. The summed E-state index contributed by atoms with van der Waals surface area (Å²) in [6.45, 7) is 3.81. The van der Waals surface area contributed by atoms with Crippen molar-refractivity contribution < 1.29 is 4.79 Å². The Labute approximate surface area is 101 Å². The summed E-state index contributed by atoms with van der Waals surface area (Å²) < 4.78 is 0. The van der Waals surface area contributed by atoms with Crippen LogP contribution in [0.2, 0.25) is 0 Å². The Morgan fingerprint density at radius 3 is 2.59 bits per heavy atom. The second kappa shape index (κ2) is 6.80. The number of hydrogen-bond donors (Lipinski definition) is 2. The number of nitrogens with one attached hydrogen (secondary N) is 2. The van der Waals surface area contributed by atoms with Crippen molar-refractivity contribution in [1.82, 2.24) is 20.2 Å². The maximum atomic E-state index is 11.3. The van der Waals surface area contributed by atoms with Crippen LogP contribution in [0, 0.1) is 0 Å². The van der Waals surface area contributed by atoms with Gasteiger partial charge in [-0.3, -0.25) is 14.7 Å². The molecule has 17 heavy (non-hydrogen) atoms. The van der Waals surface area contributed by atoms with Crippen molar-refractivity contribution in [1.29, 1.82) is 0 Å². The number of aromatic nitrogens is 2. The van der Waals surface area contributed by atoms with Gasteiger partial charge in [0.1, 0.15) is 5.82 Å². The van der Waals surface area contributed by atoms with Crippen molar-refractivity contribution in [2.75, 3.05) is 32.5 Å². The molecule has 1 aromatic heterocycles. The molecule has 2 N–H and O–H groups in total. The molecule has 0 bridgehead atoms. The van der Waals surface area contributed by atoms with Gasteiger partial charge in [-0.25, -0.2) is 4.98 Å². The summed E-state index contributed by atoms with van der Waals surface area (Å²) in [7, 11) is 3.44. The van der Waals surface area contributed by atoms with Crippen LogP contribution < -0.4 is 10.6 Å². The Balaban J connectivity index is 2.57. The molecular formula is C11H19N5O. The monoisotopic (exact) mass is 237 g/mol. The molecule has 0 aromatic carbocycles. The summed E-state index contributed by atoms with van der Waals surface area (Å²) in [5.41, 5.74) is 0.856. The van der Waals surface area contributed by atoms with E-state index in [-0.39, 0.29) is 5.91 Å². The fourth-order valence-corrected chi connectivity index (χ4v) is 1.36. The third kappa shape index (κ3) is 4.36. The van der Waals surface area contributed by atoms with Gasteiger partial charge in [0.25, 0.3) is 0 Å². The molecule has 0 aliphatic heterocycles. The fourth-order valence-electron chi connectivity index (χ4n) is 1.36. The van der Waals surface area contributed by atoms with E-state index in [4.69, 9.17) is 0 Å². The molecule has 0 aliphatic rings. The van der Waals surface area contributed by atoms with Crippen LogP contribution in [0.4, 0.5) is 5.82 Å². The van der Waals surface area contributed by atoms with Gasteiger partial charge in [0.2, 0.25) is 5.91 Å². The Morgan fingerprint density at radius 2 is 2.12 bits per heavy atom. The normalized spacial score (nSPS) is 10.4. The Bertz CT molecular complexity index is 351. The van der Waals surface area contributed by atoms with Crippen LogP contribution in [0.25, 0.3) is 0 Å². The second-order valence-corrected chi connectivity index (χ2v) is 3.62. The molecule has 1 heterocycles. The lowest BCUT2D eigenvalue weighted by Crippen LogP contribution is -2.35. The number of carbonyl (C=O) groups excluding carboxylic acids is 1. The zero-order chi connectivity index (χ0) is 12.7. The molecule has 6 heteroatoms. The maximum Gasteiger partial charge on any atom is 0.233 e. The number of amides is 1. The first-order chi connectivity index (χ1) is 8.19. The number of carbonyl (C=O) groups is 1. The van der Waals surface area contributed by atoms with Gasteiger partial charge < -0.3 is 10.6 Å². The molecular weight excluding hydrogens is 218 g/mol. The van der Waals surface area contributed by atoms with Gasteiger partial charge in [0.15, 0.2) is 0 Å². The minimum Gasteiger partial charge on any atom is -0.372 e. The van der Waals surface area contributed by atoms with Crippen molar-refractivity contribution >= 4 is 11.7 Å². The molecule has 94 valence electrons. The quantitative estimate of drug-likeness (QED) is 0.733. The maximum absolute atomic E-state index is 11.3. The second-order valence-electron chi connectivity index (χ2n) is 3.62. The van der Waals surface area contributed by atoms with Crippen LogP contribution in [0.5, 0.6) is 0 Å². The summed E-state index contributed by atoms with van der Waals surface area (Å²) in [6, 6.07) is 0. The summed E-state index contributed by atoms with van der Waals surface area (Å²) in [6.07, 6.45) is 3.40. The molecule has 1 aromatic rings. The first-order valence-corrected chi connectivity index (χ1v) is 5.61. The number of nitrogens with zero attached hydrogens (tertiary/aromatic N) is 3. The molecule has 0 spiro atoms. The lowest BCUT2D eigenvalue weighted by atomic mass is 10.3. The Morgan fingerprint density at radius 1 is 1.35 bits per heavy atom. The van der Waals surface area contributed by atoms with Crippen LogP contribution in [0.3, 0.4) is 0 Å². The van der Waals surface area contributed by atoms with Crippen molar-refractivity contribution in [3.8, 4) is 0 Å². The summed E-state index contributed by atoms with van der Waals surface area (Å²) in [4.78, 5) is 21.7. The van der Waals surface area contributed by atoms with Crippen molar-refractivity contribution in [3.05, 3.63) is 18.1 Å². The van der Waals surface area contributed by atoms with Crippen LogP contribution >= 0.6 is 0 Å². The number of hydrogen-bond acceptors (Lipinski definition) is 5. The molecule has 0 saturated heterocycles. The van der Waals surface area contributed by atoms with E-state index < -0.39 is 0 Å². The van der Waals surface area contributed by atoms with Gasteiger partial charge in [-0.15, -0.1) is 0 Å². The predicted molar refractivity (Wildman–Crippen MR) is 66.6 cm³/mol. The number of rotatable bonds is 6. The number of likely N-dealkylation sites (N-methyl/N-ethyl adjacent to an activating group) is 2. The van der Waals surface area contributed by atoms with E-state index in [2.05, 4.69) is 20.6 Å². The highest BCUT2D eigenvalue weighted by Crippen LogP contribution is 2.03. The standard InChI is InChI=1S/C11H19N5O/c1-4-16(8-11(17)13-3)7-9-5-15-10(12-2)6-14-9/h5-6H,4,7-8H2,1-3H3,(H,12,15)(H,13,17). The highest BCUT2D eigenvalue weighted by atomic mass is 16.1. The van der Waals surface area contributed by atoms with Crippen LogP contribution in [-0.2, 0) is 11.3 Å². The minimum atomic E-state index is 0.00616. The predicted octanol–water partition coefficient (Wildman–Crippen LogP) is 0.0862. The van der Waals surface area contributed by atoms with Gasteiger partial charge in [-0.05, 0) is 6.54 Å². The van der Waals surface area contributed by atoms with E-state index >= 15 is 0 Å². The van der Waals surface area contributed by atoms with Crippen LogP contribution in [-0.4, -0.2) is 48.0 Å². The third-order valence-electron chi connectivity index (χ3n) is 2.44. The van der Waals surface area contributed by atoms with E-state index in [1.54, 1.807) is 26.5 Å². The first-order valence-electron chi connectivity index (χ1n) is 5.61. The average Bonchev–Trinajstić information content (AvgIpc) is 2.38. The van der Waals surface area contributed by atoms with E-state index in [1.165, 1.54) is 0 Å². The summed E-state index contributed by atoms with van der Waals surface area (Å²) in [5, 5.41) is 5.52. The molecule has 0 saturated carbocycles. The first kappa shape index (κ1) is 13.4. The zero-order valence-electron chi connectivity index (χ0n) is 10.5. The molecule has 6 nitrogen and oxygen atoms in total. The highest BCUT2D eigenvalue weighted by molar-refractivity contribution is 5.77. The van der Waals surface area contributed by atoms with E-state index in [9.17, 15) is 4.79 Å². The zero-order valence-corrected chi connectivity index (χ0v) is 10.5. The third-order valence-corrected chi connectivity index (χ3v) is 2.44. The fraction of sp³-hybridized carbons (Fsp3) is 0.545.